The SMILES string of the molecule is CN(C)C1CC[NH+](CC2CCC(Cl)CC2)CC1. The molecule has 0 bridgehead atoms. The number of nitrogens with one attached hydrogen (secondary N) is 1. The molecule has 2 rings (SSSR count). The van der Waals surface area contributed by atoms with Crippen LogP contribution in [0.3, 0.4) is 0 Å². The van der Waals surface area contributed by atoms with Crippen molar-refractivity contribution in [1.82, 2.24) is 4.90 Å². The number of halogens is 1. The molecule has 17 heavy (non-hydrogen) atoms. The average molecular weight is 260 g/mol. The van der Waals surface area contributed by atoms with Crippen LogP contribution in [0, 0.1) is 5.92 Å². The summed E-state index contributed by atoms with van der Waals surface area (Å²) >= 11 is 6.17. The monoisotopic (exact) mass is 259 g/mol. The first-order valence-electron chi connectivity index (χ1n) is 7.29. The van der Waals surface area contributed by atoms with Crippen LogP contribution in [0.15, 0.2) is 0 Å². The average Bonchev–Trinajstić information content (AvgIpc) is 2.33. The van der Waals surface area contributed by atoms with Gasteiger partial charge >= 0.3 is 0 Å². The topological polar surface area (TPSA) is 7.68 Å². The second kappa shape index (κ2) is 6.40. The molecule has 0 atom stereocenters. The van der Waals surface area contributed by atoms with Crippen molar-refractivity contribution in [3.8, 4) is 0 Å². The van der Waals surface area contributed by atoms with Crippen LogP contribution in [0.1, 0.15) is 38.5 Å². The molecule has 100 valence electrons. The van der Waals surface area contributed by atoms with Crippen molar-refractivity contribution in [3.63, 3.8) is 0 Å². The molecule has 0 spiro atoms. The molecule has 1 saturated carbocycles. The van der Waals surface area contributed by atoms with Gasteiger partial charge in [0.05, 0.1) is 19.6 Å². The smallest absolute Gasteiger partial charge is 0.0799 e. The van der Waals surface area contributed by atoms with Crippen molar-refractivity contribution in [1.29, 1.82) is 0 Å². The number of hydrogen-bond donors (Lipinski definition) is 1. The largest absolute Gasteiger partial charge is 0.335 e. The lowest BCUT2D eigenvalue weighted by molar-refractivity contribution is -0.909. The van der Waals surface area contributed by atoms with Gasteiger partial charge in [-0.1, -0.05) is 0 Å². The highest BCUT2D eigenvalue weighted by molar-refractivity contribution is 6.20. The van der Waals surface area contributed by atoms with Crippen LogP contribution < -0.4 is 4.90 Å². The Balaban J connectivity index is 1.67. The first-order chi connectivity index (χ1) is 8.15. The molecule has 0 aromatic carbocycles. The fourth-order valence-corrected chi connectivity index (χ4v) is 3.72. The van der Waals surface area contributed by atoms with Gasteiger partial charge in [-0.15, -0.1) is 11.6 Å². The first kappa shape index (κ1) is 13.6. The molecule has 1 N–H and O–H groups in total. The van der Waals surface area contributed by atoms with Crippen LogP contribution in [0.5, 0.6) is 0 Å². The van der Waals surface area contributed by atoms with E-state index in [0.717, 1.165) is 12.0 Å². The van der Waals surface area contributed by atoms with Gasteiger partial charge in [-0.05, 0) is 39.8 Å². The minimum absolute atomic E-state index is 0.473. The minimum Gasteiger partial charge on any atom is -0.335 e. The standard InChI is InChI=1S/C14H27ClN2/c1-16(2)14-7-9-17(10-8-14)11-12-3-5-13(15)6-4-12/h12-14H,3-11H2,1-2H3/p+1. The molecule has 1 heterocycles. The normalized spacial score (nSPS) is 39.5. The Morgan fingerprint density at radius 2 is 1.59 bits per heavy atom. The van der Waals surface area contributed by atoms with Gasteiger partial charge in [0, 0.05) is 30.2 Å². The Bertz CT molecular complexity index is 216. The predicted octanol–water partition coefficient (Wildman–Crippen LogP) is 1.39. The van der Waals surface area contributed by atoms with Gasteiger partial charge in [-0.3, -0.25) is 0 Å². The van der Waals surface area contributed by atoms with E-state index in [1.54, 1.807) is 0 Å². The molecule has 1 aliphatic heterocycles. The molecule has 0 amide bonds. The maximum atomic E-state index is 6.17. The Morgan fingerprint density at radius 1 is 1.00 bits per heavy atom. The van der Waals surface area contributed by atoms with Gasteiger partial charge in [0.15, 0.2) is 0 Å². The molecule has 0 aromatic heterocycles. The summed E-state index contributed by atoms with van der Waals surface area (Å²) in [6.45, 7) is 4.16. The van der Waals surface area contributed by atoms with E-state index in [1.807, 2.05) is 4.90 Å². The minimum atomic E-state index is 0.473. The van der Waals surface area contributed by atoms with Crippen molar-refractivity contribution in [2.75, 3.05) is 33.7 Å². The van der Waals surface area contributed by atoms with Crippen LogP contribution in [-0.2, 0) is 0 Å². The summed E-state index contributed by atoms with van der Waals surface area (Å²) in [4.78, 5) is 4.25. The third kappa shape index (κ3) is 4.11. The highest BCUT2D eigenvalue weighted by atomic mass is 35.5. The van der Waals surface area contributed by atoms with E-state index in [-0.39, 0.29) is 0 Å². The number of quaternary nitrogens is 1. The molecule has 1 saturated heterocycles. The summed E-state index contributed by atoms with van der Waals surface area (Å²) in [5.74, 6) is 0.955. The lowest BCUT2D eigenvalue weighted by Crippen LogP contribution is -3.14. The summed E-state index contributed by atoms with van der Waals surface area (Å²) in [5.41, 5.74) is 0. The van der Waals surface area contributed by atoms with E-state index in [4.69, 9.17) is 11.6 Å². The van der Waals surface area contributed by atoms with Crippen molar-refractivity contribution in [2.24, 2.45) is 5.92 Å². The van der Waals surface area contributed by atoms with E-state index in [2.05, 4.69) is 19.0 Å². The van der Waals surface area contributed by atoms with Crippen molar-refractivity contribution >= 4 is 11.6 Å². The molecule has 1 aliphatic carbocycles. The maximum Gasteiger partial charge on any atom is 0.0799 e. The predicted molar refractivity (Wildman–Crippen MR) is 73.9 cm³/mol. The number of hydrogen-bond acceptors (Lipinski definition) is 1. The van der Waals surface area contributed by atoms with E-state index in [1.165, 1.54) is 58.2 Å². The second-order valence-electron chi connectivity index (χ2n) is 6.27. The van der Waals surface area contributed by atoms with E-state index in [0.29, 0.717) is 5.38 Å². The molecule has 0 unspecified atom stereocenters. The van der Waals surface area contributed by atoms with E-state index >= 15 is 0 Å². The molecular weight excluding hydrogens is 232 g/mol. The Hall–Kier alpha value is 0.210. The van der Waals surface area contributed by atoms with E-state index < -0.39 is 0 Å². The maximum absolute atomic E-state index is 6.17. The summed E-state index contributed by atoms with van der Waals surface area (Å²) in [6.07, 6.45) is 8.00. The zero-order chi connectivity index (χ0) is 12.3. The first-order valence-corrected chi connectivity index (χ1v) is 7.73. The molecule has 2 nitrogen and oxygen atoms in total. The molecular formula is C14H28ClN2+. The highest BCUT2D eigenvalue weighted by Crippen LogP contribution is 2.26. The van der Waals surface area contributed by atoms with Gasteiger partial charge in [0.1, 0.15) is 0 Å². The Morgan fingerprint density at radius 3 is 2.12 bits per heavy atom. The Labute approximate surface area is 111 Å². The van der Waals surface area contributed by atoms with Gasteiger partial charge in [0.2, 0.25) is 0 Å². The molecule has 2 aliphatic rings. The summed E-state index contributed by atoms with van der Waals surface area (Å²) in [7, 11) is 4.44. The number of piperidine rings is 1. The number of nitrogens with zero attached hydrogens (tertiary/aromatic N) is 1. The molecule has 3 heteroatoms. The van der Waals surface area contributed by atoms with Crippen LogP contribution >= 0.6 is 11.6 Å². The molecule has 0 aromatic rings. The van der Waals surface area contributed by atoms with Crippen LogP contribution in [0.4, 0.5) is 0 Å². The van der Waals surface area contributed by atoms with Crippen LogP contribution in [0.25, 0.3) is 0 Å². The highest BCUT2D eigenvalue weighted by Gasteiger charge is 2.27. The van der Waals surface area contributed by atoms with Crippen LogP contribution in [0.2, 0.25) is 0 Å². The third-order valence-corrected chi connectivity index (χ3v) is 5.18. The van der Waals surface area contributed by atoms with Gasteiger partial charge < -0.3 is 9.80 Å². The van der Waals surface area contributed by atoms with Gasteiger partial charge in [-0.25, -0.2) is 0 Å². The van der Waals surface area contributed by atoms with Crippen molar-refractivity contribution in [2.45, 2.75) is 49.9 Å². The quantitative estimate of drug-likeness (QED) is 0.753. The van der Waals surface area contributed by atoms with E-state index in [9.17, 15) is 0 Å². The van der Waals surface area contributed by atoms with Gasteiger partial charge in [-0.2, -0.15) is 0 Å². The fraction of sp³-hybridized carbons (Fsp3) is 1.00. The molecule has 0 radical (unpaired) electrons. The van der Waals surface area contributed by atoms with Gasteiger partial charge in [0.25, 0.3) is 0 Å². The number of likely N-dealkylation sites (tertiary alicyclic amines) is 1. The lowest BCUT2D eigenvalue weighted by atomic mass is 9.88. The Kier molecular flexibility index (Phi) is 5.13. The van der Waals surface area contributed by atoms with Crippen LogP contribution in [-0.4, -0.2) is 50.0 Å². The summed E-state index contributed by atoms with van der Waals surface area (Å²) in [5, 5.41) is 0.473. The third-order valence-electron chi connectivity index (χ3n) is 4.75. The second-order valence-corrected chi connectivity index (χ2v) is 6.88. The summed E-state index contributed by atoms with van der Waals surface area (Å²) in [6, 6.07) is 0.831. The zero-order valence-corrected chi connectivity index (χ0v) is 12.2. The van der Waals surface area contributed by atoms with Crippen molar-refractivity contribution < 1.29 is 4.90 Å². The zero-order valence-electron chi connectivity index (χ0n) is 11.4. The van der Waals surface area contributed by atoms with Crippen molar-refractivity contribution in [3.05, 3.63) is 0 Å². The lowest BCUT2D eigenvalue weighted by Gasteiger charge is -2.35. The number of rotatable bonds is 3. The number of alkyl halides is 1. The fourth-order valence-electron chi connectivity index (χ4n) is 3.47. The summed E-state index contributed by atoms with van der Waals surface area (Å²) < 4.78 is 0. The molecule has 2 fully saturated rings.